The molecule has 0 saturated heterocycles. The molecule has 1 aromatic carbocycles. The van der Waals surface area contributed by atoms with Crippen molar-refractivity contribution in [1.82, 2.24) is 0 Å². The van der Waals surface area contributed by atoms with Crippen molar-refractivity contribution < 1.29 is 4.74 Å². The lowest BCUT2D eigenvalue weighted by atomic mass is 10.1. The van der Waals surface area contributed by atoms with Crippen LogP contribution in [0.5, 0.6) is 5.75 Å². The molecule has 13 heavy (non-hydrogen) atoms. The lowest BCUT2D eigenvalue weighted by Gasteiger charge is -2.01. The molecule has 1 heteroatoms. The number of hydrogen-bond acceptors (Lipinski definition) is 1. The maximum atomic E-state index is 5.13. The molecule has 0 heterocycles. The predicted octanol–water partition coefficient (Wildman–Crippen LogP) is 3.60. The molecule has 2 rings (SSSR count). The van der Waals surface area contributed by atoms with E-state index in [-0.39, 0.29) is 0 Å². The fraction of sp³-hybridized carbons (Fsp3) is 0.500. The van der Waals surface area contributed by atoms with Crippen molar-refractivity contribution in [2.24, 2.45) is 0 Å². The van der Waals surface area contributed by atoms with Gasteiger partial charge in [0.1, 0.15) is 5.75 Å². The minimum atomic E-state index is 0.824. The quantitative estimate of drug-likeness (QED) is 0.672. The van der Waals surface area contributed by atoms with Crippen molar-refractivity contribution in [3.63, 3.8) is 0 Å². The number of rotatable bonds is 2. The van der Waals surface area contributed by atoms with Gasteiger partial charge in [0.15, 0.2) is 0 Å². The molecular formula is C12H18O. The molecule has 1 saturated carbocycles. The van der Waals surface area contributed by atoms with Crippen LogP contribution >= 0.6 is 0 Å². The van der Waals surface area contributed by atoms with Gasteiger partial charge in [0.2, 0.25) is 0 Å². The number of benzene rings is 1. The highest BCUT2D eigenvalue weighted by Crippen LogP contribution is 2.40. The fourth-order valence-electron chi connectivity index (χ4n) is 1.31. The first-order chi connectivity index (χ1) is 6.40. The van der Waals surface area contributed by atoms with E-state index in [0.717, 1.165) is 11.7 Å². The number of ether oxygens (including phenoxy) is 1. The summed E-state index contributed by atoms with van der Waals surface area (Å²) in [5.41, 5.74) is 1.43. The van der Waals surface area contributed by atoms with E-state index < -0.39 is 0 Å². The summed E-state index contributed by atoms with van der Waals surface area (Å²) in [6.45, 7) is 4.00. The van der Waals surface area contributed by atoms with Crippen LogP contribution in [0.3, 0.4) is 0 Å². The van der Waals surface area contributed by atoms with Gasteiger partial charge in [-0.2, -0.15) is 0 Å². The molecular weight excluding hydrogens is 160 g/mol. The Hall–Kier alpha value is -0.980. The first kappa shape index (κ1) is 10.1. The van der Waals surface area contributed by atoms with Gasteiger partial charge in [-0.15, -0.1) is 0 Å². The third-order valence-electron chi connectivity index (χ3n) is 2.14. The molecule has 0 spiro atoms. The van der Waals surface area contributed by atoms with Crippen molar-refractivity contribution in [2.75, 3.05) is 7.11 Å². The Morgan fingerprint density at radius 3 is 2.46 bits per heavy atom. The fourth-order valence-corrected chi connectivity index (χ4v) is 1.31. The second-order valence-electron chi connectivity index (χ2n) is 3.05. The second kappa shape index (κ2) is 4.90. The molecule has 0 unspecified atom stereocenters. The predicted molar refractivity (Wildman–Crippen MR) is 56.3 cm³/mol. The molecule has 0 aliphatic heterocycles. The Bertz CT molecular complexity index is 251. The molecule has 1 aliphatic carbocycles. The summed E-state index contributed by atoms with van der Waals surface area (Å²) in [4.78, 5) is 0. The smallest absolute Gasteiger partial charge is 0.119 e. The largest absolute Gasteiger partial charge is 0.497 e. The van der Waals surface area contributed by atoms with Gasteiger partial charge in [0.05, 0.1) is 7.11 Å². The van der Waals surface area contributed by atoms with Crippen LogP contribution in [0.25, 0.3) is 0 Å². The first-order valence-electron chi connectivity index (χ1n) is 5.04. The van der Waals surface area contributed by atoms with Crippen molar-refractivity contribution >= 4 is 0 Å². The Kier molecular flexibility index (Phi) is 3.81. The Labute approximate surface area is 80.7 Å². The summed E-state index contributed by atoms with van der Waals surface area (Å²) < 4.78 is 5.13. The molecule has 1 nitrogen and oxygen atoms in total. The SMILES string of the molecule is CC.COc1cccc(C2CC2)c1. The lowest BCUT2D eigenvalue weighted by Crippen LogP contribution is -1.84. The maximum Gasteiger partial charge on any atom is 0.119 e. The van der Waals surface area contributed by atoms with Crippen molar-refractivity contribution in [3.05, 3.63) is 29.8 Å². The molecule has 0 amide bonds. The highest BCUT2D eigenvalue weighted by molar-refractivity contribution is 5.32. The van der Waals surface area contributed by atoms with Crippen molar-refractivity contribution in [3.8, 4) is 5.75 Å². The molecule has 0 atom stereocenters. The summed E-state index contributed by atoms with van der Waals surface area (Å²) in [7, 11) is 1.71. The maximum absolute atomic E-state index is 5.13. The monoisotopic (exact) mass is 178 g/mol. The Morgan fingerprint density at radius 1 is 1.23 bits per heavy atom. The molecule has 1 aromatic rings. The molecule has 0 bridgehead atoms. The second-order valence-corrected chi connectivity index (χ2v) is 3.05. The van der Waals surface area contributed by atoms with E-state index in [1.54, 1.807) is 7.11 Å². The van der Waals surface area contributed by atoms with E-state index >= 15 is 0 Å². The van der Waals surface area contributed by atoms with Gasteiger partial charge in [-0.25, -0.2) is 0 Å². The normalized spacial score (nSPS) is 14.4. The van der Waals surface area contributed by atoms with Gasteiger partial charge in [0, 0.05) is 0 Å². The van der Waals surface area contributed by atoms with E-state index in [2.05, 4.69) is 18.2 Å². The topological polar surface area (TPSA) is 9.23 Å². The highest BCUT2D eigenvalue weighted by Gasteiger charge is 2.23. The van der Waals surface area contributed by atoms with Gasteiger partial charge in [0.25, 0.3) is 0 Å². The van der Waals surface area contributed by atoms with E-state index in [1.807, 2.05) is 19.9 Å². The summed E-state index contributed by atoms with van der Waals surface area (Å²) >= 11 is 0. The summed E-state index contributed by atoms with van der Waals surface area (Å²) in [5.74, 6) is 1.81. The zero-order valence-corrected chi connectivity index (χ0v) is 8.71. The Balaban J connectivity index is 0.000000396. The van der Waals surface area contributed by atoms with Gasteiger partial charge in [-0.05, 0) is 36.5 Å². The number of methoxy groups -OCH3 is 1. The highest BCUT2D eigenvalue weighted by atomic mass is 16.5. The molecule has 72 valence electrons. The van der Waals surface area contributed by atoms with Crippen LogP contribution in [-0.2, 0) is 0 Å². The van der Waals surface area contributed by atoms with Crippen molar-refractivity contribution in [1.29, 1.82) is 0 Å². The van der Waals surface area contributed by atoms with Crippen LogP contribution < -0.4 is 4.74 Å². The zero-order chi connectivity index (χ0) is 9.68. The molecule has 0 radical (unpaired) electrons. The molecule has 1 fully saturated rings. The third-order valence-corrected chi connectivity index (χ3v) is 2.14. The van der Waals surface area contributed by atoms with E-state index in [1.165, 1.54) is 18.4 Å². The van der Waals surface area contributed by atoms with Crippen LogP contribution in [0, 0.1) is 0 Å². The van der Waals surface area contributed by atoms with Crippen LogP contribution in [0.4, 0.5) is 0 Å². The van der Waals surface area contributed by atoms with Crippen molar-refractivity contribution in [2.45, 2.75) is 32.6 Å². The van der Waals surface area contributed by atoms with Crippen LogP contribution in [0.15, 0.2) is 24.3 Å². The average Bonchev–Trinajstić information content (AvgIpc) is 3.04. The summed E-state index contributed by atoms with van der Waals surface area (Å²) in [6.07, 6.45) is 2.71. The molecule has 1 aliphatic rings. The minimum absolute atomic E-state index is 0.824. The van der Waals surface area contributed by atoms with E-state index in [0.29, 0.717) is 0 Å². The van der Waals surface area contributed by atoms with Gasteiger partial charge in [-0.1, -0.05) is 26.0 Å². The van der Waals surface area contributed by atoms with E-state index in [9.17, 15) is 0 Å². The molecule has 0 N–H and O–H groups in total. The van der Waals surface area contributed by atoms with Gasteiger partial charge in [-0.3, -0.25) is 0 Å². The van der Waals surface area contributed by atoms with E-state index in [4.69, 9.17) is 4.74 Å². The zero-order valence-electron chi connectivity index (χ0n) is 8.71. The summed E-state index contributed by atoms with van der Waals surface area (Å²) in [6, 6.07) is 8.37. The summed E-state index contributed by atoms with van der Waals surface area (Å²) in [5, 5.41) is 0. The minimum Gasteiger partial charge on any atom is -0.497 e. The van der Waals surface area contributed by atoms with Crippen LogP contribution in [-0.4, -0.2) is 7.11 Å². The number of hydrogen-bond donors (Lipinski definition) is 0. The standard InChI is InChI=1S/C10H12O.C2H6/c1-11-10-4-2-3-9(7-10)8-5-6-8;1-2/h2-4,7-8H,5-6H2,1H3;1-2H3. The van der Waals surface area contributed by atoms with Gasteiger partial charge < -0.3 is 4.74 Å². The Morgan fingerprint density at radius 2 is 1.92 bits per heavy atom. The molecule has 0 aromatic heterocycles. The van der Waals surface area contributed by atoms with Crippen LogP contribution in [0.2, 0.25) is 0 Å². The van der Waals surface area contributed by atoms with Gasteiger partial charge >= 0.3 is 0 Å². The first-order valence-corrected chi connectivity index (χ1v) is 5.04. The third kappa shape index (κ3) is 2.76. The average molecular weight is 178 g/mol. The van der Waals surface area contributed by atoms with Crippen LogP contribution in [0.1, 0.15) is 38.2 Å². The lowest BCUT2D eigenvalue weighted by molar-refractivity contribution is 0.414.